The molecule has 28 heavy (non-hydrogen) atoms. The molecule has 6 heteroatoms. The molecule has 2 saturated carbocycles. The molecule has 2 saturated heterocycles. The topological polar surface area (TPSA) is 53.6 Å². The molecular weight excluding hydrogens is 374 g/mol. The Morgan fingerprint density at radius 3 is 2.79 bits per heavy atom. The van der Waals surface area contributed by atoms with Gasteiger partial charge in [0.05, 0.1) is 19.3 Å². The van der Waals surface area contributed by atoms with Crippen LogP contribution < -0.4 is 10.6 Å². The van der Waals surface area contributed by atoms with E-state index in [-0.39, 0.29) is 11.9 Å². The molecule has 160 valence electrons. The molecule has 0 aromatic carbocycles. The van der Waals surface area contributed by atoms with Gasteiger partial charge in [0.1, 0.15) is 0 Å². The van der Waals surface area contributed by atoms with Gasteiger partial charge in [-0.2, -0.15) is 0 Å². The molecule has 0 spiro atoms. The second-order valence-electron chi connectivity index (χ2n) is 9.61. The van der Waals surface area contributed by atoms with Crippen LogP contribution in [-0.4, -0.2) is 67.2 Å². The van der Waals surface area contributed by atoms with E-state index >= 15 is 0 Å². The van der Waals surface area contributed by atoms with Crippen molar-refractivity contribution in [2.24, 2.45) is 17.8 Å². The number of fused-ring (bicyclic) bond motifs is 1. The van der Waals surface area contributed by atoms with Crippen molar-refractivity contribution in [2.45, 2.75) is 81.8 Å². The lowest BCUT2D eigenvalue weighted by atomic mass is 9.78. The third kappa shape index (κ3) is 4.85. The van der Waals surface area contributed by atoms with Crippen LogP contribution in [0.5, 0.6) is 0 Å². The summed E-state index contributed by atoms with van der Waals surface area (Å²) < 4.78 is 5.53. The van der Waals surface area contributed by atoms with Crippen LogP contribution in [0.3, 0.4) is 0 Å². The molecule has 1 amide bonds. The van der Waals surface area contributed by atoms with Crippen molar-refractivity contribution in [3.63, 3.8) is 0 Å². The van der Waals surface area contributed by atoms with E-state index in [2.05, 4.69) is 22.5 Å². The van der Waals surface area contributed by atoms with Crippen LogP contribution in [0.4, 0.5) is 0 Å². The molecule has 0 radical (unpaired) electrons. The van der Waals surface area contributed by atoms with Crippen molar-refractivity contribution in [3.8, 4) is 0 Å². The second kappa shape index (κ2) is 9.63. The monoisotopic (exact) mass is 411 g/mol. The number of morpholine rings is 1. The Labute approximate surface area is 175 Å². The fraction of sp³-hybridized carbons (Fsp3) is 0.955. The van der Waals surface area contributed by atoms with Gasteiger partial charge in [0.2, 0.25) is 5.91 Å². The maximum Gasteiger partial charge on any atom is 0.237 e. The lowest BCUT2D eigenvalue weighted by Gasteiger charge is -2.43. The largest absolute Gasteiger partial charge is 0.379 e. The van der Waals surface area contributed by atoms with Crippen molar-refractivity contribution < 1.29 is 9.53 Å². The SMILES string of the molecule is CC1CCCC2CC(C(=O)NCCC3CCC(Cl)CC3N3CCOCC3)NC12. The molecule has 0 aromatic rings. The summed E-state index contributed by atoms with van der Waals surface area (Å²) in [6.07, 6.45) is 9.35. The van der Waals surface area contributed by atoms with Gasteiger partial charge in [-0.15, -0.1) is 11.6 Å². The number of nitrogens with one attached hydrogen (secondary N) is 2. The number of rotatable bonds is 5. The fourth-order valence-corrected chi connectivity index (χ4v) is 6.54. The molecule has 5 nitrogen and oxygen atoms in total. The summed E-state index contributed by atoms with van der Waals surface area (Å²) in [6.45, 7) is 6.83. The van der Waals surface area contributed by atoms with Crippen molar-refractivity contribution in [1.82, 2.24) is 15.5 Å². The molecule has 0 bridgehead atoms. The number of nitrogens with zero attached hydrogens (tertiary/aromatic N) is 1. The molecule has 0 aromatic heterocycles. The molecule has 7 unspecified atom stereocenters. The standard InChI is InChI=1S/C22H38ClN3O2/c1-15-3-2-4-17-13-19(25-21(15)17)22(27)24-8-7-16-5-6-18(23)14-20(16)26-9-11-28-12-10-26/h15-21,25H,2-14H2,1H3,(H,24,27). The lowest BCUT2D eigenvalue weighted by Crippen LogP contribution is -2.50. The molecule has 4 rings (SSSR count). The number of ether oxygens (including phenoxy) is 1. The van der Waals surface area contributed by atoms with Gasteiger partial charge in [0.25, 0.3) is 0 Å². The Hall–Kier alpha value is -0.360. The van der Waals surface area contributed by atoms with Gasteiger partial charge in [-0.25, -0.2) is 0 Å². The summed E-state index contributed by atoms with van der Waals surface area (Å²) in [5.74, 6) is 2.25. The zero-order valence-electron chi connectivity index (χ0n) is 17.4. The van der Waals surface area contributed by atoms with E-state index in [4.69, 9.17) is 16.3 Å². The summed E-state index contributed by atoms with van der Waals surface area (Å²) in [4.78, 5) is 15.3. The zero-order chi connectivity index (χ0) is 19.5. The normalized spacial score (nSPS) is 42.1. The van der Waals surface area contributed by atoms with Crippen molar-refractivity contribution in [3.05, 3.63) is 0 Å². The predicted molar refractivity (Wildman–Crippen MR) is 113 cm³/mol. The minimum Gasteiger partial charge on any atom is -0.379 e. The summed E-state index contributed by atoms with van der Waals surface area (Å²) in [5.41, 5.74) is 0. The highest BCUT2D eigenvalue weighted by Crippen LogP contribution is 2.37. The first kappa shape index (κ1) is 20.9. The highest BCUT2D eigenvalue weighted by atomic mass is 35.5. The highest BCUT2D eigenvalue weighted by molar-refractivity contribution is 6.20. The minimum absolute atomic E-state index is 0.0177. The van der Waals surface area contributed by atoms with Crippen LogP contribution in [0, 0.1) is 17.8 Å². The van der Waals surface area contributed by atoms with Crippen LogP contribution in [-0.2, 0) is 9.53 Å². The molecule has 4 fully saturated rings. The number of halogens is 1. The smallest absolute Gasteiger partial charge is 0.237 e. The molecule has 4 aliphatic rings. The third-order valence-electron chi connectivity index (χ3n) is 7.83. The van der Waals surface area contributed by atoms with Gasteiger partial charge in [-0.1, -0.05) is 13.3 Å². The first-order valence-electron chi connectivity index (χ1n) is 11.6. The Balaban J connectivity index is 1.25. The van der Waals surface area contributed by atoms with E-state index < -0.39 is 0 Å². The zero-order valence-corrected chi connectivity index (χ0v) is 18.1. The fourth-order valence-electron chi connectivity index (χ4n) is 6.23. The number of hydrogen-bond acceptors (Lipinski definition) is 4. The predicted octanol–water partition coefficient (Wildman–Crippen LogP) is 2.77. The Morgan fingerprint density at radius 1 is 1.18 bits per heavy atom. The van der Waals surface area contributed by atoms with E-state index in [1.54, 1.807) is 0 Å². The van der Waals surface area contributed by atoms with Crippen LogP contribution in [0.2, 0.25) is 0 Å². The van der Waals surface area contributed by atoms with Gasteiger partial charge < -0.3 is 15.4 Å². The number of amides is 1. The Kier molecular flexibility index (Phi) is 7.19. The average Bonchev–Trinajstić information content (AvgIpc) is 3.15. The van der Waals surface area contributed by atoms with E-state index in [1.807, 2.05) is 0 Å². The van der Waals surface area contributed by atoms with Gasteiger partial charge in [0.15, 0.2) is 0 Å². The summed E-state index contributed by atoms with van der Waals surface area (Å²) >= 11 is 6.50. The van der Waals surface area contributed by atoms with E-state index in [0.717, 1.165) is 58.5 Å². The summed E-state index contributed by atoms with van der Waals surface area (Å²) in [5, 5.41) is 7.20. The van der Waals surface area contributed by atoms with Crippen LogP contribution >= 0.6 is 11.6 Å². The van der Waals surface area contributed by atoms with Crippen LogP contribution in [0.1, 0.15) is 58.3 Å². The quantitative estimate of drug-likeness (QED) is 0.683. The van der Waals surface area contributed by atoms with E-state index in [9.17, 15) is 4.79 Å². The van der Waals surface area contributed by atoms with E-state index in [1.165, 1.54) is 25.7 Å². The highest BCUT2D eigenvalue weighted by Gasteiger charge is 2.41. The van der Waals surface area contributed by atoms with Gasteiger partial charge in [0, 0.05) is 37.1 Å². The summed E-state index contributed by atoms with van der Waals surface area (Å²) in [7, 11) is 0. The minimum atomic E-state index is 0.0177. The molecule has 2 N–H and O–H groups in total. The Bertz CT molecular complexity index is 528. The van der Waals surface area contributed by atoms with Gasteiger partial charge >= 0.3 is 0 Å². The van der Waals surface area contributed by atoms with Gasteiger partial charge in [-0.3, -0.25) is 9.69 Å². The van der Waals surface area contributed by atoms with Crippen LogP contribution in [0.25, 0.3) is 0 Å². The first-order chi connectivity index (χ1) is 13.6. The summed E-state index contributed by atoms with van der Waals surface area (Å²) in [6, 6.07) is 1.11. The number of hydrogen-bond donors (Lipinski definition) is 2. The lowest BCUT2D eigenvalue weighted by molar-refractivity contribution is -0.123. The maximum atomic E-state index is 12.8. The number of alkyl halides is 1. The van der Waals surface area contributed by atoms with Crippen molar-refractivity contribution in [1.29, 1.82) is 0 Å². The van der Waals surface area contributed by atoms with Gasteiger partial charge in [-0.05, 0) is 62.7 Å². The second-order valence-corrected chi connectivity index (χ2v) is 10.2. The van der Waals surface area contributed by atoms with E-state index in [0.29, 0.717) is 35.2 Å². The van der Waals surface area contributed by atoms with Crippen molar-refractivity contribution in [2.75, 3.05) is 32.8 Å². The third-order valence-corrected chi connectivity index (χ3v) is 8.22. The average molecular weight is 412 g/mol. The number of carbonyl (C=O) groups excluding carboxylic acids is 1. The molecule has 2 heterocycles. The first-order valence-corrected chi connectivity index (χ1v) is 12.0. The molecule has 7 atom stereocenters. The Morgan fingerprint density at radius 2 is 2.00 bits per heavy atom. The van der Waals surface area contributed by atoms with Crippen LogP contribution in [0.15, 0.2) is 0 Å². The van der Waals surface area contributed by atoms with Crippen molar-refractivity contribution >= 4 is 17.5 Å². The molecule has 2 aliphatic heterocycles. The molecule has 2 aliphatic carbocycles. The number of carbonyl (C=O) groups is 1. The maximum absolute atomic E-state index is 12.8. The molecular formula is C22H38ClN3O2.